The van der Waals surface area contributed by atoms with E-state index in [2.05, 4.69) is 27.9 Å². The van der Waals surface area contributed by atoms with E-state index in [0.29, 0.717) is 0 Å². The van der Waals surface area contributed by atoms with Crippen molar-refractivity contribution in [1.82, 2.24) is 0 Å². The first-order chi connectivity index (χ1) is 6.75. The predicted molar refractivity (Wildman–Crippen MR) is 64.9 cm³/mol. The molecule has 1 N–H and O–H groups in total. The van der Waals surface area contributed by atoms with Gasteiger partial charge in [-0.25, -0.2) is 4.39 Å². The molecule has 1 fully saturated rings. The van der Waals surface area contributed by atoms with Crippen molar-refractivity contribution in [3.05, 3.63) is 27.6 Å². The smallest absolute Gasteiger partial charge is 0.124 e. The Morgan fingerprint density at radius 1 is 1.43 bits per heavy atom. The fourth-order valence-electron chi connectivity index (χ4n) is 1.58. The normalized spacial score (nSPS) is 16.4. The summed E-state index contributed by atoms with van der Waals surface area (Å²) >= 11 is 2.16. The van der Waals surface area contributed by atoms with Crippen molar-refractivity contribution in [3.8, 4) is 0 Å². The Labute approximate surface area is 97.2 Å². The van der Waals surface area contributed by atoms with Crippen molar-refractivity contribution in [2.45, 2.75) is 19.3 Å². The SMILES string of the molecule is Fc1ccc(NCC2CCC2)c(I)c1. The van der Waals surface area contributed by atoms with E-state index in [1.807, 2.05) is 6.07 Å². The van der Waals surface area contributed by atoms with Crippen molar-refractivity contribution < 1.29 is 4.39 Å². The summed E-state index contributed by atoms with van der Waals surface area (Å²) in [6.07, 6.45) is 4.04. The van der Waals surface area contributed by atoms with E-state index in [1.54, 1.807) is 6.07 Å². The van der Waals surface area contributed by atoms with Crippen molar-refractivity contribution in [2.24, 2.45) is 5.92 Å². The van der Waals surface area contributed by atoms with E-state index in [4.69, 9.17) is 0 Å². The number of anilines is 1. The molecule has 2 rings (SSSR count). The molecule has 0 atom stereocenters. The number of benzene rings is 1. The molecule has 0 saturated heterocycles. The Bertz CT molecular complexity index is 323. The molecule has 3 heteroatoms. The quantitative estimate of drug-likeness (QED) is 0.841. The van der Waals surface area contributed by atoms with Crippen LogP contribution in [0.4, 0.5) is 10.1 Å². The van der Waals surface area contributed by atoms with Crippen LogP contribution in [0.3, 0.4) is 0 Å². The molecule has 1 saturated carbocycles. The van der Waals surface area contributed by atoms with Crippen molar-refractivity contribution in [1.29, 1.82) is 0 Å². The maximum Gasteiger partial charge on any atom is 0.124 e. The molecule has 0 radical (unpaired) electrons. The highest BCUT2D eigenvalue weighted by Crippen LogP contribution is 2.27. The maximum absolute atomic E-state index is 12.8. The zero-order valence-electron chi connectivity index (χ0n) is 7.89. The fourth-order valence-corrected chi connectivity index (χ4v) is 2.25. The highest BCUT2D eigenvalue weighted by atomic mass is 127. The Morgan fingerprint density at radius 2 is 2.21 bits per heavy atom. The first-order valence-corrected chi connectivity index (χ1v) is 6.02. The van der Waals surface area contributed by atoms with E-state index in [9.17, 15) is 4.39 Å². The van der Waals surface area contributed by atoms with Gasteiger partial charge in [0.1, 0.15) is 5.82 Å². The number of hydrogen-bond acceptors (Lipinski definition) is 1. The number of hydrogen-bond donors (Lipinski definition) is 1. The lowest BCUT2D eigenvalue weighted by Gasteiger charge is -2.26. The number of rotatable bonds is 3. The highest BCUT2D eigenvalue weighted by Gasteiger charge is 2.16. The molecular weight excluding hydrogens is 292 g/mol. The lowest BCUT2D eigenvalue weighted by molar-refractivity contribution is 0.333. The summed E-state index contributed by atoms with van der Waals surface area (Å²) in [6.45, 7) is 1.03. The monoisotopic (exact) mass is 305 g/mol. The van der Waals surface area contributed by atoms with E-state index < -0.39 is 0 Å². The average Bonchev–Trinajstić information content (AvgIpc) is 2.05. The molecule has 0 amide bonds. The van der Waals surface area contributed by atoms with E-state index in [1.165, 1.54) is 25.3 Å². The van der Waals surface area contributed by atoms with Crippen LogP contribution in [-0.4, -0.2) is 6.54 Å². The van der Waals surface area contributed by atoms with Gasteiger partial charge in [-0.3, -0.25) is 0 Å². The Balaban J connectivity index is 1.94. The minimum absolute atomic E-state index is 0.163. The summed E-state index contributed by atoms with van der Waals surface area (Å²) in [5.74, 6) is 0.666. The van der Waals surface area contributed by atoms with E-state index >= 15 is 0 Å². The average molecular weight is 305 g/mol. The third-order valence-corrected chi connectivity index (χ3v) is 3.63. The minimum Gasteiger partial charge on any atom is -0.384 e. The van der Waals surface area contributed by atoms with Crippen LogP contribution in [0.5, 0.6) is 0 Å². The number of nitrogens with one attached hydrogen (secondary N) is 1. The van der Waals surface area contributed by atoms with Gasteiger partial charge in [0.05, 0.1) is 0 Å². The molecule has 0 spiro atoms. The Hall–Kier alpha value is -0.320. The molecule has 1 aromatic carbocycles. The first-order valence-electron chi connectivity index (χ1n) is 4.94. The van der Waals surface area contributed by atoms with Crippen LogP contribution >= 0.6 is 22.6 Å². The van der Waals surface area contributed by atoms with Crippen LogP contribution in [0.2, 0.25) is 0 Å². The zero-order chi connectivity index (χ0) is 9.97. The summed E-state index contributed by atoms with van der Waals surface area (Å²) in [5, 5.41) is 3.37. The van der Waals surface area contributed by atoms with Crippen molar-refractivity contribution in [2.75, 3.05) is 11.9 Å². The summed E-state index contributed by atoms with van der Waals surface area (Å²) in [7, 11) is 0. The predicted octanol–water partition coefficient (Wildman–Crippen LogP) is 3.64. The zero-order valence-corrected chi connectivity index (χ0v) is 10.1. The van der Waals surface area contributed by atoms with Gasteiger partial charge in [-0.15, -0.1) is 0 Å². The van der Waals surface area contributed by atoms with Crippen LogP contribution in [0.15, 0.2) is 18.2 Å². The molecule has 1 aliphatic carbocycles. The van der Waals surface area contributed by atoms with Gasteiger partial charge in [0, 0.05) is 15.8 Å². The Morgan fingerprint density at radius 3 is 2.79 bits per heavy atom. The summed E-state index contributed by atoms with van der Waals surface area (Å²) in [6, 6.07) is 4.88. The van der Waals surface area contributed by atoms with Crippen LogP contribution < -0.4 is 5.32 Å². The van der Waals surface area contributed by atoms with Crippen LogP contribution in [-0.2, 0) is 0 Å². The lowest BCUT2D eigenvalue weighted by atomic mass is 9.85. The Kier molecular flexibility index (Phi) is 3.26. The summed E-state index contributed by atoms with van der Waals surface area (Å²) in [5.41, 5.74) is 1.05. The van der Waals surface area contributed by atoms with Gasteiger partial charge in [0.15, 0.2) is 0 Å². The van der Waals surface area contributed by atoms with Gasteiger partial charge < -0.3 is 5.32 Å². The second-order valence-corrected chi connectivity index (χ2v) is 4.96. The first kappa shape index (κ1) is 10.2. The number of halogens is 2. The topological polar surface area (TPSA) is 12.0 Å². The molecular formula is C11H13FIN. The third-order valence-electron chi connectivity index (χ3n) is 2.74. The van der Waals surface area contributed by atoms with Gasteiger partial charge in [-0.2, -0.15) is 0 Å². The van der Waals surface area contributed by atoms with Crippen molar-refractivity contribution >= 4 is 28.3 Å². The third kappa shape index (κ3) is 2.38. The molecule has 1 aliphatic rings. The molecule has 0 aromatic heterocycles. The second-order valence-electron chi connectivity index (χ2n) is 3.80. The van der Waals surface area contributed by atoms with Gasteiger partial charge in [0.25, 0.3) is 0 Å². The molecule has 0 unspecified atom stereocenters. The highest BCUT2D eigenvalue weighted by molar-refractivity contribution is 14.1. The van der Waals surface area contributed by atoms with Crippen LogP contribution in [0.25, 0.3) is 0 Å². The van der Waals surface area contributed by atoms with Crippen molar-refractivity contribution in [3.63, 3.8) is 0 Å². The molecule has 14 heavy (non-hydrogen) atoms. The van der Waals surface area contributed by atoms with Crippen LogP contribution in [0, 0.1) is 15.3 Å². The molecule has 1 nitrogen and oxygen atoms in total. The van der Waals surface area contributed by atoms with Crippen LogP contribution in [0.1, 0.15) is 19.3 Å². The van der Waals surface area contributed by atoms with Gasteiger partial charge in [-0.1, -0.05) is 6.42 Å². The summed E-state index contributed by atoms with van der Waals surface area (Å²) in [4.78, 5) is 0. The fraction of sp³-hybridized carbons (Fsp3) is 0.455. The lowest BCUT2D eigenvalue weighted by Crippen LogP contribution is -2.21. The van der Waals surface area contributed by atoms with Gasteiger partial charge >= 0.3 is 0 Å². The largest absolute Gasteiger partial charge is 0.384 e. The van der Waals surface area contributed by atoms with E-state index in [-0.39, 0.29) is 5.82 Å². The summed E-state index contributed by atoms with van der Waals surface area (Å²) < 4.78 is 13.8. The maximum atomic E-state index is 12.8. The molecule has 0 aliphatic heterocycles. The van der Waals surface area contributed by atoms with E-state index in [0.717, 1.165) is 21.7 Å². The molecule has 76 valence electrons. The standard InChI is InChI=1S/C11H13FIN/c12-9-4-5-11(10(13)6-9)14-7-8-2-1-3-8/h4-6,8,14H,1-3,7H2. The van der Waals surface area contributed by atoms with Gasteiger partial charge in [0.2, 0.25) is 0 Å². The minimum atomic E-state index is -0.163. The molecule has 1 aromatic rings. The molecule has 0 heterocycles. The molecule has 0 bridgehead atoms. The second kappa shape index (κ2) is 4.47. The van der Waals surface area contributed by atoms with Gasteiger partial charge in [-0.05, 0) is 59.5 Å².